The number of hydrogen-bond donors (Lipinski definition) is 0. The molecule has 0 aliphatic rings. The molecule has 0 amide bonds. The van der Waals surface area contributed by atoms with Gasteiger partial charge in [-0.25, -0.2) is 9.97 Å². The lowest BCUT2D eigenvalue weighted by atomic mass is 9.99. The van der Waals surface area contributed by atoms with E-state index in [0.29, 0.717) is 0 Å². The summed E-state index contributed by atoms with van der Waals surface area (Å²) in [6.45, 7) is 0. The van der Waals surface area contributed by atoms with Gasteiger partial charge in [0.15, 0.2) is 11.4 Å². The van der Waals surface area contributed by atoms with Gasteiger partial charge < -0.3 is 8.98 Å². The minimum absolute atomic E-state index is 0.758. The quantitative estimate of drug-likeness (QED) is 0.187. The number of para-hydroxylation sites is 6. The highest BCUT2D eigenvalue weighted by Gasteiger charge is 2.26. The van der Waals surface area contributed by atoms with Crippen molar-refractivity contribution < 1.29 is 4.42 Å². The maximum Gasteiger partial charge on any atom is 0.165 e. The number of nitrogens with zero attached hydrogens (tertiary/aromatic N) is 4. The standard InChI is InChI=1S/C48H28N4O/c1-2-14-30(15-3-1)51-39-23-11-6-16-31(39)32-27-26-29(28-41(32)51)45-48(50-38-22-10-9-21-37(38)49-45)52-40-24-12-7-19-35(40)43-33-17-4-5-18-34(33)44-36-20-8-13-25-42(36)53-47(44)46(43)52/h1-28H. The number of furan rings is 1. The highest BCUT2D eigenvalue weighted by molar-refractivity contribution is 6.35. The summed E-state index contributed by atoms with van der Waals surface area (Å²) in [5, 5.41) is 9.25. The molecule has 0 fully saturated rings. The molecule has 12 aromatic rings. The van der Waals surface area contributed by atoms with Gasteiger partial charge in [0.05, 0.1) is 33.1 Å². The number of rotatable bonds is 3. The van der Waals surface area contributed by atoms with Crippen LogP contribution in [0.1, 0.15) is 0 Å². The van der Waals surface area contributed by atoms with Crippen LogP contribution in [0.4, 0.5) is 0 Å². The largest absolute Gasteiger partial charge is 0.454 e. The summed E-state index contributed by atoms with van der Waals surface area (Å²) in [4.78, 5) is 10.9. The van der Waals surface area contributed by atoms with Gasteiger partial charge in [0.1, 0.15) is 11.3 Å². The number of benzene rings is 8. The molecule has 0 bridgehead atoms. The van der Waals surface area contributed by atoms with Crippen LogP contribution in [0.25, 0.3) is 110 Å². The molecule has 0 aliphatic heterocycles. The molecule has 0 saturated heterocycles. The van der Waals surface area contributed by atoms with E-state index in [9.17, 15) is 0 Å². The van der Waals surface area contributed by atoms with Crippen molar-refractivity contribution in [2.45, 2.75) is 0 Å². The van der Waals surface area contributed by atoms with E-state index in [1.807, 2.05) is 30.3 Å². The van der Waals surface area contributed by atoms with Crippen molar-refractivity contribution in [2.24, 2.45) is 0 Å². The number of fused-ring (bicyclic) bond motifs is 14. The van der Waals surface area contributed by atoms with E-state index in [2.05, 4.69) is 149 Å². The van der Waals surface area contributed by atoms with Crippen LogP contribution in [-0.2, 0) is 0 Å². The van der Waals surface area contributed by atoms with Crippen molar-refractivity contribution in [3.63, 3.8) is 0 Å². The molecule has 4 heterocycles. The second-order valence-electron chi connectivity index (χ2n) is 13.7. The van der Waals surface area contributed by atoms with Crippen LogP contribution in [0.3, 0.4) is 0 Å². The average Bonchev–Trinajstić information content (AvgIpc) is 3.89. The van der Waals surface area contributed by atoms with Gasteiger partial charge in [-0.2, -0.15) is 0 Å². The van der Waals surface area contributed by atoms with Gasteiger partial charge in [-0.15, -0.1) is 0 Å². The van der Waals surface area contributed by atoms with Crippen LogP contribution < -0.4 is 0 Å². The zero-order valence-electron chi connectivity index (χ0n) is 28.4. The molecule has 0 unspecified atom stereocenters. The molecule has 0 saturated carbocycles. The Hall–Kier alpha value is -7.24. The minimum atomic E-state index is 0.758. The minimum Gasteiger partial charge on any atom is -0.454 e. The Labute approximate surface area is 302 Å². The Morgan fingerprint density at radius 3 is 1.79 bits per heavy atom. The molecule has 0 N–H and O–H groups in total. The first-order chi connectivity index (χ1) is 26.3. The van der Waals surface area contributed by atoms with E-state index in [1.54, 1.807) is 0 Å². The Morgan fingerprint density at radius 2 is 1.00 bits per heavy atom. The zero-order chi connectivity index (χ0) is 34.6. The van der Waals surface area contributed by atoms with Gasteiger partial charge in [-0.3, -0.25) is 4.57 Å². The predicted octanol–water partition coefficient (Wildman–Crippen LogP) is 12.5. The van der Waals surface area contributed by atoms with Crippen LogP contribution in [0.5, 0.6) is 0 Å². The third kappa shape index (κ3) is 3.91. The highest BCUT2D eigenvalue weighted by Crippen LogP contribution is 2.46. The van der Waals surface area contributed by atoms with Crippen LogP contribution >= 0.6 is 0 Å². The van der Waals surface area contributed by atoms with Crippen LogP contribution in [0, 0.1) is 0 Å². The molecule has 0 spiro atoms. The van der Waals surface area contributed by atoms with E-state index >= 15 is 0 Å². The molecular formula is C48H28N4O. The van der Waals surface area contributed by atoms with E-state index in [1.165, 1.54) is 21.5 Å². The van der Waals surface area contributed by atoms with Crippen molar-refractivity contribution in [1.82, 2.24) is 19.1 Å². The van der Waals surface area contributed by atoms with Gasteiger partial charge in [0.25, 0.3) is 0 Å². The first-order valence-corrected chi connectivity index (χ1v) is 17.9. The summed E-state index contributed by atoms with van der Waals surface area (Å²) in [6.07, 6.45) is 0. The van der Waals surface area contributed by atoms with Crippen molar-refractivity contribution in [3.05, 3.63) is 170 Å². The fourth-order valence-corrected chi connectivity index (χ4v) is 8.66. The summed E-state index contributed by atoms with van der Waals surface area (Å²) < 4.78 is 11.5. The SMILES string of the molecule is c1ccc(-n2c3ccccc3c3ccc(-c4nc5ccccc5nc4-n4c5ccccc5c5c6ccccc6c6c7ccccc7oc6c54)cc32)cc1. The molecular weight excluding hydrogens is 649 g/mol. The van der Waals surface area contributed by atoms with Gasteiger partial charge in [0, 0.05) is 43.6 Å². The zero-order valence-corrected chi connectivity index (χ0v) is 28.4. The fourth-order valence-electron chi connectivity index (χ4n) is 8.66. The molecule has 0 aliphatic carbocycles. The second kappa shape index (κ2) is 10.6. The number of hydrogen-bond acceptors (Lipinski definition) is 3. The molecule has 0 atom stereocenters. The van der Waals surface area contributed by atoms with Gasteiger partial charge in [-0.05, 0) is 59.3 Å². The molecule has 5 nitrogen and oxygen atoms in total. The fraction of sp³-hybridized carbons (Fsp3) is 0. The highest BCUT2D eigenvalue weighted by atomic mass is 16.3. The van der Waals surface area contributed by atoms with E-state index in [-0.39, 0.29) is 0 Å². The molecule has 8 aromatic carbocycles. The third-order valence-electron chi connectivity index (χ3n) is 10.9. The summed E-state index contributed by atoms with van der Waals surface area (Å²) in [5.41, 5.74) is 10.6. The van der Waals surface area contributed by atoms with Gasteiger partial charge in [0.2, 0.25) is 0 Å². The maximum absolute atomic E-state index is 6.88. The lowest BCUT2D eigenvalue weighted by molar-refractivity contribution is 0.671. The summed E-state index contributed by atoms with van der Waals surface area (Å²) in [5.74, 6) is 0.758. The normalized spacial score (nSPS) is 12.2. The van der Waals surface area contributed by atoms with Crippen molar-refractivity contribution in [3.8, 4) is 22.8 Å². The monoisotopic (exact) mass is 676 g/mol. The number of aromatic nitrogens is 4. The summed E-state index contributed by atoms with van der Waals surface area (Å²) in [7, 11) is 0. The first kappa shape index (κ1) is 28.5. The lowest BCUT2D eigenvalue weighted by Gasteiger charge is -2.15. The summed E-state index contributed by atoms with van der Waals surface area (Å²) in [6, 6.07) is 59.8. The molecule has 4 aromatic heterocycles. The molecule has 53 heavy (non-hydrogen) atoms. The van der Waals surface area contributed by atoms with Crippen LogP contribution in [-0.4, -0.2) is 19.1 Å². The summed E-state index contributed by atoms with van der Waals surface area (Å²) >= 11 is 0. The van der Waals surface area contributed by atoms with Crippen molar-refractivity contribution in [1.29, 1.82) is 0 Å². The van der Waals surface area contributed by atoms with Gasteiger partial charge >= 0.3 is 0 Å². The lowest BCUT2D eigenvalue weighted by Crippen LogP contribution is -2.04. The smallest absolute Gasteiger partial charge is 0.165 e. The van der Waals surface area contributed by atoms with Crippen molar-refractivity contribution >= 4 is 87.4 Å². The Morgan fingerprint density at radius 1 is 0.415 bits per heavy atom. The first-order valence-electron chi connectivity index (χ1n) is 17.9. The van der Waals surface area contributed by atoms with Crippen LogP contribution in [0.2, 0.25) is 0 Å². The Kier molecular flexibility index (Phi) is 5.71. The van der Waals surface area contributed by atoms with E-state index in [0.717, 1.165) is 88.6 Å². The van der Waals surface area contributed by atoms with E-state index < -0.39 is 0 Å². The average molecular weight is 677 g/mol. The Balaban J connectivity index is 1.26. The maximum atomic E-state index is 6.88. The Bertz CT molecular complexity index is 3460. The van der Waals surface area contributed by atoms with Gasteiger partial charge in [-0.1, -0.05) is 121 Å². The molecule has 12 rings (SSSR count). The molecule has 5 heteroatoms. The van der Waals surface area contributed by atoms with E-state index in [4.69, 9.17) is 14.4 Å². The van der Waals surface area contributed by atoms with Crippen molar-refractivity contribution in [2.75, 3.05) is 0 Å². The van der Waals surface area contributed by atoms with Crippen LogP contribution in [0.15, 0.2) is 174 Å². The molecule has 246 valence electrons. The predicted molar refractivity (Wildman–Crippen MR) is 218 cm³/mol. The third-order valence-corrected chi connectivity index (χ3v) is 10.9. The topological polar surface area (TPSA) is 48.8 Å². The molecule has 0 radical (unpaired) electrons. The second-order valence-corrected chi connectivity index (χ2v) is 13.7.